The van der Waals surface area contributed by atoms with Crippen LogP contribution in [0.4, 0.5) is 10.5 Å². The van der Waals surface area contributed by atoms with E-state index in [4.69, 9.17) is 13.9 Å². The summed E-state index contributed by atoms with van der Waals surface area (Å²) in [6.45, 7) is 12.7. The van der Waals surface area contributed by atoms with Gasteiger partial charge in [0.15, 0.2) is 0 Å². The quantitative estimate of drug-likeness (QED) is 0.352. The van der Waals surface area contributed by atoms with Gasteiger partial charge in [0.2, 0.25) is 12.2 Å². The van der Waals surface area contributed by atoms with Crippen LogP contribution in [0.5, 0.6) is 0 Å². The van der Waals surface area contributed by atoms with E-state index < -0.39 is 5.97 Å². The van der Waals surface area contributed by atoms with Crippen molar-refractivity contribution in [2.45, 2.75) is 91.7 Å². The van der Waals surface area contributed by atoms with Crippen LogP contribution in [0.3, 0.4) is 0 Å². The molecule has 2 aliphatic rings. The molecule has 8 nitrogen and oxygen atoms in total. The third-order valence-electron chi connectivity index (χ3n) is 7.32. The predicted octanol–water partition coefficient (Wildman–Crippen LogP) is 6.70. The lowest BCUT2D eigenvalue weighted by Gasteiger charge is -2.33. The second-order valence-electron chi connectivity index (χ2n) is 11.0. The number of carbonyl (C=O) groups excluding carboxylic acids is 3. The van der Waals surface area contributed by atoms with E-state index in [2.05, 4.69) is 12.2 Å². The molecule has 1 aromatic carbocycles. The molecule has 2 aromatic rings. The number of hydrogen-bond donors (Lipinski definition) is 1. The van der Waals surface area contributed by atoms with E-state index in [9.17, 15) is 14.4 Å². The maximum atomic E-state index is 12.2. The Kier molecular flexibility index (Phi) is 9.62. The van der Waals surface area contributed by atoms with E-state index in [1.54, 1.807) is 32.0 Å². The van der Waals surface area contributed by atoms with Crippen LogP contribution in [0, 0.1) is 18.8 Å². The number of likely N-dealkylation sites (tertiary alicyclic amines) is 1. The second kappa shape index (κ2) is 12.5. The maximum Gasteiger partial charge on any atom is 0.410 e. The number of hydrogen-bond acceptors (Lipinski definition) is 6. The van der Waals surface area contributed by atoms with Gasteiger partial charge in [-0.1, -0.05) is 32.1 Å². The summed E-state index contributed by atoms with van der Waals surface area (Å²) in [5.41, 5.74) is 1.56. The monoisotopic (exact) mass is 514 g/mol. The van der Waals surface area contributed by atoms with Crippen LogP contribution < -0.4 is 5.32 Å². The first-order valence-electron chi connectivity index (χ1n) is 13.5. The lowest BCUT2D eigenvalue weighted by molar-refractivity contribution is -0.105. The SMILES string of the molecule is CC1C(C2CCCCC2)CCN1C(=O)OC(C)(C)C.CCOC(=O)c1oc2ccc(NC=O)cc2c1C. The first-order valence-corrected chi connectivity index (χ1v) is 13.5. The zero-order valence-electron chi connectivity index (χ0n) is 23.1. The molecule has 2 atom stereocenters. The molecule has 204 valence electrons. The molecule has 1 saturated heterocycles. The summed E-state index contributed by atoms with van der Waals surface area (Å²) in [5.74, 6) is 1.25. The Labute approximate surface area is 220 Å². The average molecular weight is 515 g/mol. The number of ether oxygens (including phenoxy) is 2. The van der Waals surface area contributed by atoms with Gasteiger partial charge < -0.3 is 24.1 Å². The number of benzene rings is 1. The van der Waals surface area contributed by atoms with Crippen molar-refractivity contribution >= 4 is 35.1 Å². The summed E-state index contributed by atoms with van der Waals surface area (Å²) < 4.78 is 15.9. The highest BCUT2D eigenvalue weighted by Gasteiger charge is 2.40. The fourth-order valence-corrected chi connectivity index (χ4v) is 5.50. The molecular formula is C29H42N2O6. The van der Waals surface area contributed by atoms with E-state index >= 15 is 0 Å². The van der Waals surface area contributed by atoms with Crippen molar-refractivity contribution in [3.05, 3.63) is 29.5 Å². The number of fused-ring (bicyclic) bond motifs is 1. The Bertz CT molecular complexity index is 1080. The molecule has 0 spiro atoms. The number of rotatable bonds is 5. The third kappa shape index (κ3) is 7.27. The molecule has 2 amide bonds. The number of nitrogens with zero attached hydrogens (tertiary/aromatic N) is 1. The highest BCUT2D eigenvalue weighted by atomic mass is 16.6. The molecule has 1 aliphatic heterocycles. The van der Waals surface area contributed by atoms with Crippen molar-refractivity contribution in [3.8, 4) is 0 Å². The second-order valence-corrected chi connectivity index (χ2v) is 11.0. The Hall–Kier alpha value is -3.03. The summed E-state index contributed by atoms with van der Waals surface area (Å²) in [4.78, 5) is 36.2. The predicted molar refractivity (Wildman–Crippen MR) is 144 cm³/mol. The van der Waals surface area contributed by atoms with Gasteiger partial charge in [-0.05, 0) is 78.0 Å². The molecule has 37 heavy (non-hydrogen) atoms. The number of amides is 2. The fraction of sp³-hybridized carbons (Fsp3) is 0.621. The van der Waals surface area contributed by atoms with Gasteiger partial charge in [-0.15, -0.1) is 0 Å². The maximum absolute atomic E-state index is 12.2. The number of aryl methyl sites for hydroxylation is 1. The minimum absolute atomic E-state index is 0.127. The van der Waals surface area contributed by atoms with E-state index in [1.807, 2.05) is 25.7 Å². The van der Waals surface area contributed by atoms with Gasteiger partial charge in [0, 0.05) is 29.2 Å². The molecule has 1 saturated carbocycles. The zero-order valence-corrected chi connectivity index (χ0v) is 23.1. The normalized spacial score (nSPS) is 20.2. The van der Waals surface area contributed by atoms with Gasteiger partial charge in [-0.2, -0.15) is 0 Å². The van der Waals surface area contributed by atoms with Gasteiger partial charge in [-0.3, -0.25) is 4.79 Å². The number of furan rings is 1. The van der Waals surface area contributed by atoms with Crippen LogP contribution in [0.2, 0.25) is 0 Å². The lowest BCUT2D eigenvalue weighted by Crippen LogP contribution is -2.41. The molecule has 1 N–H and O–H groups in total. The number of nitrogens with one attached hydrogen (secondary N) is 1. The van der Waals surface area contributed by atoms with Crippen LogP contribution in [0.25, 0.3) is 11.0 Å². The van der Waals surface area contributed by atoms with Crippen LogP contribution in [0.1, 0.15) is 89.3 Å². The van der Waals surface area contributed by atoms with E-state index in [-0.39, 0.29) is 17.5 Å². The molecule has 1 aliphatic carbocycles. The van der Waals surface area contributed by atoms with Gasteiger partial charge in [0.25, 0.3) is 0 Å². The standard InChI is InChI=1S/C16H29NO2.C13H13NO4/c1-12-14(13-8-6-5-7-9-13)10-11-17(12)15(18)19-16(2,3)4;1-3-17-13(16)12-8(2)10-6-9(14-7-15)4-5-11(10)18-12/h12-14H,5-11H2,1-4H3;4-7H,3H2,1-2H3,(H,14,15). The van der Waals surface area contributed by atoms with Gasteiger partial charge >= 0.3 is 12.1 Å². The van der Waals surface area contributed by atoms with Crippen LogP contribution in [-0.4, -0.2) is 48.2 Å². The molecule has 1 aromatic heterocycles. The molecule has 2 unspecified atom stereocenters. The van der Waals surface area contributed by atoms with E-state index in [1.165, 1.54) is 32.1 Å². The van der Waals surface area contributed by atoms with Gasteiger partial charge in [0.1, 0.15) is 11.2 Å². The largest absolute Gasteiger partial charge is 0.460 e. The smallest absolute Gasteiger partial charge is 0.410 e. The molecule has 8 heteroatoms. The summed E-state index contributed by atoms with van der Waals surface area (Å²) in [7, 11) is 0. The Morgan fingerprint density at radius 2 is 1.86 bits per heavy atom. The fourth-order valence-electron chi connectivity index (χ4n) is 5.50. The zero-order chi connectivity index (χ0) is 27.2. The molecule has 0 radical (unpaired) electrons. The van der Waals surface area contributed by atoms with Crippen molar-refractivity contribution < 1.29 is 28.3 Å². The average Bonchev–Trinajstić information content (AvgIpc) is 3.39. The number of carbonyl (C=O) groups is 3. The van der Waals surface area contributed by atoms with Gasteiger partial charge in [0.05, 0.1) is 6.61 Å². The van der Waals surface area contributed by atoms with E-state index in [0.29, 0.717) is 41.8 Å². The summed E-state index contributed by atoms with van der Waals surface area (Å²) >= 11 is 0. The lowest BCUT2D eigenvalue weighted by atomic mass is 9.77. The number of esters is 1. The van der Waals surface area contributed by atoms with Crippen molar-refractivity contribution in [1.29, 1.82) is 0 Å². The molecule has 0 bridgehead atoms. The summed E-state index contributed by atoms with van der Waals surface area (Å²) in [6, 6.07) is 5.51. The van der Waals surface area contributed by atoms with Crippen molar-refractivity contribution in [2.75, 3.05) is 18.5 Å². The van der Waals surface area contributed by atoms with Crippen LogP contribution >= 0.6 is 0 Å². The van der Waals surface area contributed by atoms with E-state index in [0.717, 1.165) is 24.3 Å². The van der Waals surface area contributed by atoms with Crippen molar-refractivity contribution in [1.82, 2.24) is 4.90 Å². The molecule has 2 fully saturated rings. The van der Waals surface area contributed by atoms with Crippen molar-refractivity contribution in [2.24, 2.45) is 11.8 Å². The number of anilines is 1. The van der Waals surface area contributed by atoms with Crippen LogP contribution in [0.15, 0.2) is 22.6 Å². The minimum atomic E-state index is -0.476. The highest BCUT2D eigenvalue weighted by Crippen LogP contribution is 2.39. The first-order chi connectivity index (χ1) is 17.6. The highest BCUT2D eigenvalue weighted by molar-refractivity contribution is 5.97. The molecule has 4 rings (SSSR count). The first kappa shape index (κ1) is 28.5. The summed E-state index contributed by atoms with van der Waals surface area (Å²) in [5, 5.41) is 3.33. The Balaban J connectivity index is 0.000000206. The van der Waals surface area contributed by atoms with Crippen molar-refractivity contribution in [3.63, 3.8) is 0 Å². The minimum Gasteiger partial charge on any atom is -0.460 e. The summed E-state index contributed by atoms with van der Waals surface area (Å²) in [6.07, 6.45) is 8.49. The topological polar surface area (TPSA) is 98.1 Å². The van der Waals surface area contributed by atoms with Gasteiger partial charge in [-0.25, -0.2) is 9.59 Å². The third-order valence-corrected chi connectivity index (χ3v) is 7.32. The Morgan fingerprint density at radius 3 is 2.49 bits per heavy atom. The molecule has 2 heterocycles. The van der Waals surface area contributed by atoms with Crippen LogP contribution in [-0.2, 0) is 14.3 Å². The molecular weight excluding hydrogens is 472 g/mol. The Morgan fingerprint density at radius 1 is 1.16 bits per heavy atom.